The molecule has 0 unspecified atom stereocenters. The molecule has 0 fully saturated rings. The van der Waals surface area contributed by atoms with Gasteiger partial charge in [0.05, 0.1) is 0 Å². The Morgan fingerprint density at radius 1 is 1.27 bits per heavy atom. The summed E-state index contributed by atoms with van der Waals surface area (Å²) in [5.41, 5.74) is 7.52. The molecule has 0 bridgehead atoms. The summed E-state index contributed by atoms with van der Waals surface area (Å²) in [5, 5.41) is 0.499. The highest BCUT2D eigenvalue weighted by Gasteiger charge is 2.15. The first kappa shape index (κ1) is 16.7. The molecule has 2 aromatic rings. The van der Waals surface area contributed by atoms with E-state index in [2.05, 4.69) is 9.97 Å². The van der Waals surface area contributed by atoms with Crippen LogP contribution < -0.4 is 5.73 Å². The van der Waals surface area contributed by atoms with Gasteiger partial charge in [0.2, 0.25) is 0 Å². The van der Waals surface area contributed by atoms with Crippen molar-refractivity contribution in [3.05, 3.63) is 58.1 Å². The van der Waals surface area contributed by atoms with E-state index in [1.807, 2.05) is 12.1 Å². The molecule has 116 valence electrons. The number of aromatic nitrogens is 2. The van der Waals surface area contributed by atoms with Gasteiger partial charge in [-0.25, -0.2) is 4.98 Å². The summed E-state index contributed by atoms with van der Waals surface area (Å²) in [6, 6.07) is 6.26. The number of rotatable bonds is 6. The molecule has 0 radical (unpaired) electrons. The molecule has 0 aliphatic carbocycles. The van der Waals surface area contributed by atoms with Crippen molar-refractivity contribution in [3.63, 3.8) is 0 Å². The van der Waals surface area contributed by atoms with Gasteiger partial charge in [-0.15, -0.1) is 0 Å². The van der Waals surface area contributed by atoms with Crippen LogP contribution in [0.4, 0.5) is 0 Å². The van der Waals surface area contributed by atoms with Gasteiger partial charge < -0.3 is 10.5 Å². The minimum absolute atomic E-state index is 0.0569. The maximum Gasteiger partial charge on any atom is 0.323 e. The Hall–Kier alpha value is -1.69. The highest BCUT2D eigenvalue weighted by Crippen LogP contribution is 2.15. The molecule has 0 amide bonds. The summed E-state index contributed by atoms with van der Waals surface area (Å²) in [6.45, 7) is 0.0569. The second kappa shape index (κ2) is 8.08. The number of hydrogen-bond acceptors (Lipinski definition) is 5. The Labute approximate surface area is 138 Å². The van der Waals surface area contributed by atoms with Crippen LogP contribution in [0, 0.1) is 0 Å². The summed E-state index contributed by atoms with van der Waals surface area (Å²) >= 11 is 11.6. The molecule has 0 aromatic carbocycles. The molecular weight excluding hydrogens is 325 g/mol. The third kappa shape index (κ3) is 5.26. The second-order valence-electron chi connectivity index (χ2n) is 4.73. The number of carbonyl (C=O) groups excluding carboxylic acids is 1. The molecule has 2 heterocycles. The number of nitrogens with zero attached hydrogens (tertiary/aromatic N) is 2. The summed E-state index contributed by atoms with van der Waals surface area (Å²) in [5.74, 6) is -0.465. The van der Waals surface area contributed by atoms with Crippen molar-refractivity contribution in [1.82, 2.24) is 9.97 Å². The van der Waals surface area contributed by atoms with E-state index in [0.29, 0.717) is 18.4 Å². The number of pyridine rings is 2. The van der Waals surface area contributed by atoms with E-state index in [0.717, 1.165) is 5.56 Å². The monoisotopic (exact) mass is 339 g/mol. The van der Waals surface area contributed by atoms with E-state index >= 15 is 0 Å². The summed E-state index contributed by atoms with van der Waals surface area (Å²) < 4.78 is 5.16. The molecule has 0 saturated heterocycles. The van der Waals surface area contributed by atoms with Gasteiger partial charge in [0, 0.05) is 12.4 Å². The predicted octanol–water partition coefficient (Wildman–Crippen LogP) is 2.79. The average Bonchev–Trinajstić information content (AvgIpc) is 2.50. The Bertz CT molecular complexity index is 618. The number of nitrogens with two attached hydrogens (primary N) is 1. The quantitative estimate of drug-likeness (QED) is 0.646. The van der Waals surface area contributed by atoms with E-state index < -0.39 is 12.0 Å². The highest BCUT2D eigenvalue weighted by molar-refractivity contribution is 6.32. The van der Waals surface area contributed by atoms with Gasteiger partial charge in [-0.1, -0.05) is 29.3 Å². The van der Waals surface area contributed by atoms with Gasteiger partial charge in [0.25, 0.3) is 0 Å². The van der Waals surface area contributed by atoms with Crippen molar-refractivity contribution in [2.75, 3.05) is 0 Å². The summed E-state index contributed by atoms with van der Waals surface area (Å²) in [6.07, 6.45) is 4.60. The zero-order valence-electron chi connectivity index (χ0n) is 11.7. The lowest BCUT2D eigenvalue weighted by molar-refractivity contribution is -0.146. The topological polar surface area (TPSA) is 78.1 Å². The lowest BCUT2D eigenvalue weighted by Gasteiger charge is -2.11. The van der Waals surface area contributed by atoms with Crippen LogP contribution in [0.25, 0.3) is 0 Å². The maximum absolute atomic E-state index is 11.9. The van der Waals surface area contributed by atoms with Gasteiger partial charge in [0.15, 0.2) is 0 Å². The van der Waals surface area contributed by atoms with Crippen LogP contribution in [0.15, 0.2) is 36.7 Å². The first-order chi connectivity index (χ1) is 10.5. The molecule has 0 spiro atoms. The van der Waals surface area contributed by atoms with Crippen LogP contribution >= 0.6 is 23.2 Å². The molecule has 2 rings (SSSR count). The van der Waals surface area contributed by atoms with Crippen LogP contribution in [0.5, 0.6) is 0 Å². The number of hydrogen-bond donors (Lipinski definition) is 1. The maximum atomic E-state index is 11.9. The number of ether oxygens (including phenoxy) is 1. The smallest absolute Gasteiger partial charge is 0.323 e. The Kier molecular flexibility index (Phi) is 6.12. The zero-order chi connectivity index (χ0) is 15.9. The van der Waals surface area contributed by atoms with E-state index in [1.165, 1.54) is 0 Å². The van der Waals surface area contributed by atoms with Crippen molar-refractivity contribution >= 4 is 29.2 Å². The Morgan fingerprint density at radius 2 is 2.00 bits per heavy atom. The van der Waals surface area contributed by atoms with Crippen LogP contribution in [0.2, 0.25) is 10.3 Å². The van der Waals surface area contributed by atoms with Gasteiger partial charge in [-0.05, 0) is 42.2 Å². The molecule has 1 atom stereocenters. The van der Waals surface area contributed by atoms with E-state index in [4.69, 9.17) is 33.7 Å². The third-order valence-electron chi connectivity index (χ3n) is 2.97. The fourth-order valence-electron chi connectivity index (χ4n) is 1.85. The van der Waals surface area contributed by atoms with Crippen LogP contribution in [-0.2, 0) is 22.6 Å². The largest absolute Gasteiger partial charge is 0.460 e. The molecule has 2 N–H and O–H groups in total. The van der Waals surface area contributed by atoms with Crippen molar-refractivity contribution in [2.24, 2.45) is 5.73 Å². The number of aryl methyl sites for hydroxylation is 1. The molecule has 0 aliphatic rings. The van der Waals surface area contributed by atoms with Crippen LogP contribution in [-0.4, -0.2) is 22.0 Å². The van der Waals surface area contributed by atoms with Gasteiger partial charge >= 0.3 is 5.97 Å². The lowest BCUT2D eigenvalue weighted by atomic mass is 10.1. The first-order valence-electron chi connectivity index (χ1n) is 6.67. The first-order valence-corrected chi connectivity index (χ1v) is 7.43. The SMILES string of the molecule is N[C@@H](CCc1cccnc1)C(=O)OCc1cc(Cl)nc(Cl)c1. The fraction of sp³-hybridized carbons (Fsp3) is 0.267. The number of halogens is 2. The standard InChI is InChI=1S/C15H15Cl2N3O2/c16-13-6-11(7-14(17)20-13)9-22-15(21)12(18)4-3-10-2-1-5-19-8-10/h1-2,5-8,12H,3-4,9,18H2/t12-/m0/s1. The molecule has 0 aliphatic heterocycles. The summed E-state index contributed by atoms with van der Waals surface area (Å²) in [4.78, 5) is 19.7. The van der Waals surface area contributed by atoms with E-state index in [-0.39, 0.29) is 16.9 Å². The summed E-state index contributed by atoms with van der Waals surface area (Å²) in [7, 11) is 0. The Balaban J connectivity index is 1.81. The predicted molar refractivity (Wildman–Crippen MR) is 84.6 cm³/mol. The van der Waals surface area contributed by atoms with Crippen molar-refractivity contribution in [2.45, 2.75) is 25.5 Å². The lowest BCUT2D eigenvalue weighted by Crippen LogP contribution is -2.32. The van der Waals surface area contributed by atoms with Crippen LogP contribution in [0.3, 0.4) is 0 Å². The third-order valence-corrected chi connectivity index (χ3v) is 3.36. The zero-order valence-corrected chi connectivity index (χ0v) is 13.2. The molecule has 22 heavy (non-hydrogen) atoms. The normalized spacial score (nSPS) is 12.0. The fourth-order valence-corrected chi connectivity index (χ4v) is 2.35. The minimum atomic E-state index is -0.687. The number of carbonyl (C=O) groups is 1. The highest BCUT2D eigenvalue weighted by atomic mass is 35.5. The van der Waals surface area contributed by atoms with E-state index in [1.54, 1.807) is 24.5 Å². The van der Waals surface area contributed by atoms with Crippen molar-refractivity contribution < 1.29 is 9.53 Å². The van der Waals surface area contributed by atoms with Crippen LogP contribution in [0.1, 0.15) is 17.5 Å². The van der Waals surface area contributed by atoms with Gasteiger partial charge in [0.1, 0.15) is 23.0 Å². The molecule has 5 nitrogen and oxygen atoms in total. The number of esters is 1. The molecule has 0 saturated carbocycles. The molecule has 7 heteroatoms. The average molecular weight is 340 g/mol. The van der Waals surface area contributed by atoms with E-state index in [9.17, 15) is 4.79 Å². The van der Waals surface area contributed by atoms with Crippen molar-refractivity contribution in [1.29, 1.82) is 0 Å². The van der Waals surface area contributed by atoms with Gasteiger partial charge in [-0.2, -0.15) is 0 Å². The second-order valence-corrected chi connectivity index (χ2v) is 5.51. The molecular formula is C15H15Cl2N3O2. The Morgan fingerprint density at radius 3 is 2.64 bits per heavy atom. The van der Waals surface area contributed by atoms with Crippen molar-refractivity contribution in [3.8, 4) is 0 Å². The minimum Gasteiger partial charge on any atom is -0.460 e. The van der Waals surface area contributed by atoms with Gasteiger partial charge in [-0.3, -0.25) is 9.78 Å². The molecule has 2 aromatic heterocycles.